The summed E-state index contributed by atoms with van der Waals surface area (Å²) in [7, 11) is 0. The Labute approximate surface area is 225 Å². The van der Waals surface area contributed by atoms with Crippen molar-refractivity contribution in [3.05, 3.63) is 149 Å². The number of fused-ring (bicyclic) bond motifs is 8. The van der Waals surface area contributed by atoms with Gasteiger partial charge in [-0.3, -0.25) is 0 Å². The van der Waals surface area contributed by atoms with Crippen LogP contribution in [0.1, 0.15) is 54.2 Å². The molecule has 0 N–H and O–H groups in total. The molecule has 0 unspecified atom stereocenters. The summed E-state index contributed by atoms with van der Waals surface area (Å²) in [4.78, 5) is 2.43. The van der Waals surface area contributed by atoms with Gasteiger partial charge in [0.05, 0.1) is 16.8 Å². The standard InChI is InChI=1S/C36H31NO/c1-24-17-22-34-30(23-24)36(29-13-7-10-16-33(29)38-34)27-11-5-8-14-31(27)37(32-15-9-6-12-28(32)36)26-20-18-25(19-21-26)35(2,3)4/h5-23H,1-4H3. The second-order valence-corrected chi connectivity index (χ2v) is 11.5. The van der Waals surface area contributed by atoms with Gasteiger partial charge in [-0.1, -0.05) is 105 Å². The molecular formula is C36H31NO. The number of anilines is 3. The van der Waals surface area contributed by atoms with Gasteiger partial charge in [0.1, 0.15) is 11.5 Å². The van der Waals surface area contributed by atoms with Gasteiger partial charge in [0, 0.05) is 16.8 Å². The van der Waals surface area contributed by atoms with Gasteiger partial charge in [-0.2, -0.15) is 0 Å². The molecule has 2 aliphatic heterocycles. The van der Waals surface area contributed by atoms with Crippen LogP contribution in [-0.4, -0.2) is 0 Å². The summed E-state index contributed by atoms with van der Waals surface area (Å²) in [5.41, 5.74) is 10.6. The SMILES string of the molecule is Cc1ccc2c(c1)C1(c3ccccc3O2)c2ccccc2N(c2ccc(C(C)(C)C)cc2)c2ccccc21. The van der Waals surface area contributed by atoms with Gasteiger partial charge in [-0.15, -0.1) is 0 Å². The fourth-order valence-corrected chi connectivity index (χ4v) is 6.37. The maximum atomic E-state index is 6.53. The van der Waals surface area contributed by atoms with Crippen molar-refractivity contribution in [2.75, 3.05) is 4.90 Å². The molecule has 0 bridgehead atoms. The minimum absolute atomic E-state index is 0.105. The first-order valence-corrected chi connectivity index (χ1v) is 13.4. The number of hydrogen-bond donors (Lipinski definition) is 0. The van der Waals surface area contributed by atoms with Crippen LogP contribution in [0.25, 0.3) is 0 Å². The number of ether oxygens (including phenoxy) is 1. The summed E-state index contributed by atoms with van der Waals surface area (Å²) in [6.45, 7) is 8.95. The Kier molecular flexibility index (Phi) is 4.87. The molecule has 2 aliphatic rings. The Bertz CT molecular complexity index is 1640. The number of benzene rings is 5. The molecule has 2 heteroatoms. The van der Waals surface area contributed by atoms with Crippen molar-refractivity contribution in [3.63, 3.8) is 0 Å². The third-order valence-electron chi connectivity index (χ3n) is 8.14. The van der Waals surface area contributed by atoms with Gasteiger partial charge in [-0.05, 0) is 65.4 Å². The lowest BCUT2D eigenvalue weighted by Gasteiger charge is -2.48. The highest BCUT2D eigenvalue weighted by Crippen LogP contribution is 2.62. The minimum Gasteiger partial charge on any atom is -0.457 e. The van der Waals surface area contributed by atoms with E-state index in [1.165, 1.54) is 44.8 Å². The van der Waals surface area contributed by atoms with E-state index in [4.69, 9.17) is 4.74 Å². The average Bonchev–Trinajstić information content (AvgIpc) is 2.93. The molecule has 0 aromatic heterocycles. The lowest BCUT2D eigenvalue weighted by molar-refractivity contribution is 0.433. The van der Waals surface area contributed by atoms with Crippen LogP contribution in [-0.2, 0) is 10.8 Å². The van der Waals surface area contributed by atoms with E-state index in [-0.39, 0.29) is 5.41 Å². The van der Waals surface area contributed by atoms with Crippen LogP contribution in [0.2, 0.25) is 0 Å². The summed E-state index contributed by atoms with van der Waals surface area (Å²) in [6, 6.07) is 42.0. The Balaban J connectivity index is 1.58. The van der Waals surface area contributed by atoms with Crippen molar-refractivity contribution in [1.82, 2.24) is 0 Å². The Morgan fingerprint density at radius 1 is 0.579 bits per heavy atom. The van der Waals surface area contributed by atoms with Crippen LogP contribution < -0.4 is 9.64 Å². The highest BCUT2D eigenvalue weighted by atomic mass is 16.5. The van der Waals surface area contributed by atoms with Gasteiger partial charge in [0.15, 0.2) is 0 Å². The molecule has 0 saturated carbocycles. The molecule has 2 heterocycles. The second-order valence-electron chi connectivity index (χ2n) is 11.5. The minimum atomic E-state index is -0.495. The first-order valence-electron chi connectivity index (χ1n) is 13.4. The molecule has 0 fully saturated rings. The first-order chi connectivity index (χ1) is 18.4. The number of rotatable bonds is 1. The van der Waals surface area contributed by atoms with Crippen LogP contribution in [0.3, 0.4) is 0 Å². The fraction of sp³-hybridized carbons (Fsp3) is 0.167. The van der Waals surface area contributed by atoms with E-state index in [2.05, 4.69) is 148 Å². The monoisotopic (exact) mass is 493 g/mol. The van der Waals surface area contributed by atoms with Crippen LogP contribution in [0, 0.1) is 6.92 Å². The van der Waals surface area contributed by atoms with Gasteiger partial charge >= 0.3 is 0 Å². The average molecular weight is 494 g/mol. The number of para-hydroxylation sites is 3. The zero-order valence-corrected chi connectivity index (χ0v) is 22.3. The Morgan fingerprint density at radius 2 is 1.13 bits per heavy atom. The van der Waals surface area contributed by atoms with E-state index >= 15 is 0 Å². The zero-order valence-electron chi connectivity index (χ0n) is 22.3. The molecule has 0 amide bonds. The Morgan fingerprint density at radius 3 is 1.76 bits per heavy atom. The number of hydrogen-bond acceptors (Lipinski definition) is 2. The van der Waals surface area contributed by atoms with Crippen LogP contribution in [0.5, 0.6) is 11.5 Å². The highest BCUT2D eigenvalue weighted by Gasteiger charge is 2.51. The Hall–Kier alpha value is -4.30. The smallest absolute Gasteiger partial charge is 0.132 e. The molecule has 1 spiro atoms. The molecule has 0 radical (unpaired) electrons. The van der Waals surface area contributed by atoms with Crippen LogP contribution in [0.15, 0.2) is 115 Å². The summed E-state index contributed by atoms with van der Waals surface area (Å²) in [5.74, 6) is 1.83. The second kappa shape index (κ2) is 8.10. The van der Waals surface area contributed by atoms with E-state index < -0.39 is 5.41 Å². The quantitative estimate of drug-likeness (QED) is 0.226. The normalized spacial score (nSPS) is 14.7. The lowest BCUT2D eigenvalue weighted by atomic mass is 9.61. The van der Waals surface area contributed by atoms with E-state index in [9.17, 15) is 0 Å². The molecule has 5 aromatic rings. The van der Waals surface area contributed by atoms with E-state index in [0.29, 0.717) is 0 Å². The molecule has 38 heavy (non-hydrogen) atoms. The van der Waals surface area contributed by atoms with E-state index in [1.54, 1.807) is 0 Å². The van der Waals surface area contributed by atoms with Crippen LogP contribution >= 0.6 is 0 Å². The van der Waals surface area contributed by atoms with Crippen molar-refractivity contribution in [3.8, 4) is 11.5 Å². The zero-order chi connectivity index (χ0) is 26.1. The van der Waals surface area contributed by atoms with E-state index in [1.807, 2.05) is 0 Å². The third-order valence-corrected chi connectivity index (χ3v) is 8.14. The summed E-state index contributed by atoms with van der Waals surface area (Å²) >= 11 is 0. The predicted octanol–water partition coefficient (Wildman–Crippen LogP) is 9.56. The maximum Gasteiger partial charge on any atom is 0.132 e. The largest absolute Gasteiger partial charge is 0.457 e. The van der Waals surface area contributed by atoms with Gasteiger partial charge in [0.2, 0.25) is 0 Å². The molecule has 7 rings (SSSR count). The van der Waals surface area contributed by atoms with Crippen molar-refractivity contribution < 1.29 is 4.74 Å². The lowest BCUT2D eigenvalue weighted by Crippen LogP contribution is -2.39. The topological polar surface area (TPSA) is 12.5 Å². The maximum absolute atomic E-state index is 6.53. The van der Waals surface area contributed by atoms with Crippen molar-refractivity contribution >= 4 is 17.1 Å². The number of nitrogens with zero attached hydrogens (tertiary/aromatic N) is 1. The fourth-order valence-electron chi connectivity index (χ4n) is 6.37. The van der Waals surface area contributed by atoms with Crippen molar-refractivity contribution in [2.24, 2.45) is 0 Å². The third kappa shape index (κ3) is 3.13. The van der Waals surface area contributed by atoms with Gasteiger partial charge in [0.25, 0.3) is 0 Å². The van der Waals surface area contributed by atoms with Gasteiger partial charge in [-0.25, -0.2) is 0 Å². The predicted molar refractivity (Wildman–Crippen MR) is 157 cm³/mol. The molecule has 2 nitrogen and oxygen atoms in total. The summed E-state index contributed by atoms with van der Waals surface area (Å²) in [6.07, 6.45) is 0. The number of aryl methyl sites for hydroxylation is 1. The van der Waals surface area contributed by atoms with E-state index in [0.717, 1.165) is 17.2 Å². The first kappa shape index (κ1) is 22.9. The van der Waals surface area contributed by atoms with Gasteiger partial charge < -0.3 is 9.64 Å². The molecule has 0 aliphatic carbocycles. The summed E-state index contributed by atoms with van der Waals surface area (Å²) < 4.78 is 6.53. The molecule has 5 aromatic carbocycles. The molecule has 0 saturated heterocycles. The molecule has 186 valence electrons. The van der Waals surface area contributed by atoms with Crippen molar-refractivity contribution in [2.45, 2.75) is 38.5 Å². The van der Waals surface area contributed by atoms with Crippen molar-refractivity contribution in [1.29, 1.82) is 0 Å². The van der Waals surface area contributed by atoms with Crippen LogP contribution in [0.4, 0.5) is 17.1 Å². The summed E-state index contributed by atoms with van der Waals surface area (Å²) in [5, 5.41) is 0. The molecule has 0 atom stereocenters. The highest BCUT2D eigenvalue weighted by molar-refractivity contribution is 5.90. The molecular weight excluding hydrogens is 462 g/mol.